The molecule has 212 valence electrons. The molecule has 0 amide bonds. The van der Waals surface area contributed by atoms with E-state index in [1.165, 1.54) is 0 Å². The van der Waals surface area contributed by atoms with Crippen LogP contribution in [-0.4, -0.2) is 54.1 Å². The number of rotatable bonds is 24. The molecule has 0 radical (unpaired) electrons. The van der Waals surface area contributed by atoms with Crippen molar-refractivity contribution in [2.45, 2.75) is 141 Å². The van der Waals surface area contributed by atoms with Crippen molar-refractivity contribution in [3.63, 3.8) is 0 Å². The summed E-state index contributed by atoms with van der Waals surface area (Å²) >= 11 is 0. The van der Waals surface area contributed by atoms with Crippen molar-refractivity contribution in [2.24, 2.45) is 0 Å². The molecule has 0 spiro atoms. The average Bonchev–Trinajstić information content (AvgIpc) is 2.78. The fraction of sp³-hybridized carbons (Fsp3) is 1.00. The summed E-state index contributed by atoms with van der Waals surface area (Å²) in [4.78, 5) is 0. The molecule has 0 unspecified atom stereocenters. The van der Waals surface area contributed by atoms with E-state index in [9.17, 15) is 25.9 Å². The molecule has 0 heterocycles. The fourth-order valence-electron chi connectivity index (χ4n) is 4.97. The van der Waals surface area contributed by atoms with Gasteiger partial charge in [0.2, 0.25) is 0 Å². The second-order valence-corrected chi connectivity index (χ2v) is 22.1. The highest BCUT2D eigenvalue weighted by Gasteiger charge is 2.43. The normalized spacial score (nSPS) is 13.4. The van der Waals surface area contributed by atoms with Gasteiger partial charge < -0.3 is 4.12 Å². The van der Waals surface area contributed by atoms with E-state index in [0.29, 0.717) is 12.8 Å². The quantitative estimate of drug-likeness (QED) is 0.0699. The Bertz CT molecular complexity index is 665. The molecule has 2 N–H and O–H groups in total. The molecule has 0 aromatic heterocycles. The topological polar surface area (TPSA) is 118 Å². The Morgan fingerprint density at radius 2 is 0.743 bits per heavy atom. The summed E-state index contributed by atoms with van der Waals surface area (Å²) < 4.78 is 71.0. The van der Waals surface area contributed by atoms with Crippen molar-refractivity contribution < 1.29 is 30.1 Å². The van der Waals surface area contributed by atoms with Crippen molar-refractivity contribution in [1.29, 1.82) is 0 Å². The first-order chi connectivity index (χ1) is 16.4. The third-order valence-electron chi connectivity index (χ3n) is 6.95. The highest BCUT2D eigenvalue weighted by molar-refractivity contribution is 7.86. The lowest BCUT2D eigenvalue weighted by Gasteiger charge is -2.44. The zero-order chi connectivity index (χ0) is 26.8. The van der Waals surface area contributed by atoms with Gasteiger partial charge >= 0.3 is 0 Å². The lowest BCUT2D eigenvalue weighted by Crippen LogP contribution is -2.51. The maximum atomic E-state index is 11.3. The van der Waals surface area contributed by atoms with E-state index in [4.69, 9.17) is 4.12 Å². The van der Waals surface area contributed by atoms with E-state index in [1.54, 1.807) is 0 Å². The van der Waals surface area contributed by atoms with Crippen LogP contribution >= 0.6 is 0 Å². The first-order valence-electron chi connectivity index (χ1n) is 14.0. The summed E-state index contributed by atoms with van der Waals surface area (Å²) in [6, 6.07) is 6.22. The summed E-state index contributed by atoms with van der Waals surface area (Å²) in [7, 11) is -12.2. The zero-order valence-electron chi connectivity index (χ0n) is 22.9. The van der Waals surface area contributed by atoms with Gasteiger partial charge in [-0.05, 0) is 49.1 Å². The number of unbranched alkanes of at least 4 members (excludes halogenated alkanes) is 6. The summed E-state index contributed by atoms with van der Waals surface area (Å²) in [5.74, 6) is -0.383. The van der Waals surface area contributed by atoms with Crippen LogP contribution in [0.4, 0.5) is 0 Å². The van der Waals surface area contributed by atoms with Crippen LogP contribution in [0.1, 0.15) is 105 Å². The number of hydrogen-bond acceptors (Lipinski definition) is 5. The molecule has 0 atom stereocenters. The van der Waals surface area contributed by atoms with E-state index < -0.39 is 36.9 Å². The lowest BCUT2D eigenvalue weighted by atomic mass is 10.4. The minimum Gasteiger partial charge on any atom is -0.455 e. The van der Waals surface area contributed by atoms with Crippen LogP contribution in [0.2, 0.25) is 36.3 Å². The van der Waals surface area contributed by atoms with Crippen LogP contribution in [-0.2, 0) is 24.4 Å². The third kappa shape index (κ3) is 18.2. The molecular formula is C24H54O7S2Si2. The monoisotopic (exact) mass is 574 g/mol. The van der Waals surface area contributed by atoms with Crippen molar-refractivity contribution in [1.82, 2.24) is 0 Å². The van der Waals surface area contributed by atoms with Crippen molar-refractivity contribution >= 4 is 36.9 Å². The molecule has 11 heteroatoms. The third-order valence-corrected chi connectivity index (χ3v) is 19.6. The van der Waals surface area contributed by atoms with E-state index >= 15 is 0 Å². The Morgan fingerprint density at radius 1 is 0.486 bits per heavy atom. The van der Waals surface area contributed by atoms with Gasteiger partial charge in [0, 0.05) is 0 Å². The Balaban J connectivity index is 5.94. The Morgan fingerprint density at radius 3 is 0.971 bits per heavy atom. The number of hydrogen-bond donors (Lipinski definition) is 2. The molecule has 0 aromatic carbocycles. The Hall–Kier alpha value is 0.214. The zero-order valence-corrected chi connectivity index (χ0v) is 26.5. The van der Waals surface area contributed by atoms with Gasteiger partial charge in [0.05, 0.1) is 11.5 Å². The van der Waals surface area contributed by atoms with Crippen molar-refractivity contribution in [2.75, 3.05) is 11.5 Å². The maximum Gasteiger partial charge on any atom is 0.264 e. The average molecular weight is 575 g/mol. The highest BCUT2D eigenvalue weighted by atomic mass is 32.2. The predicted molar refractivity (Wildman–Crippen MR) is 152 cm³/mol. The van der Waals surface area contributed by atoms with Gasteiger partial charge in [0.15, 0.2) is 16.6 Å². The molecule has 0 bridgehead atoms. The second-order valence-electron chi connectivity index (χ2n) is 10.4. The van der Waals surface area contributed by atoms with Crippen molar-refractivity contribution in [3.8, 4) is 0 Å². The van der Waals surface area contributed by atoms with E-state index in [2.05, 4.69) is 27.7 Å². The molecule has 0 aliphatic carbocycles. The van der Waals surface area contributed by atoms with Crippen LogP contribution in [0, 0.1) is 0 Å². The van der Waals surface area contributed by atoms with Crippen molar-refractivity contribution in [3.05, 3.63) is 0 Å². The molecule has 0 saturated heterocycles. The lowest BCUT2D eigenvalue weighted by molar-refractivity contribution is 0.467. The minimum absolute atomic E-state index is 0.192. The van der Waals surface area contributed by atoms with E-state index in [-0.39, 0.29) is 11.5 Å². The summed E-state index contributed by atoms with van der Waals surface area (Å²) in [5, 5.41) is 0. The first kappa shape index (κ1) is 35.2. The molecule has 0 aromatic rings. The summed E-state index contributed by atoms with van der Waals surface area (Å²) in [6.45, 7) is 8.80. The summed E-state index contributed by atoms with van der Waals surface area (Å²) in [5.41, 5.74) is 0. The molecule has 0 saturated carbocycles. The molecule has 0 fully saturated rings. The minimum atomic E-state index is -3.95. The summed E-state index contributed by atoms with van der Waals surface area (Å²) in [6.07, 6.45) is 11.3. The van der Waals surface area contributed by atoms with Gasteiger partial charge in [-0.25, -0.2) is 0 Å². The standard InChI is InChI=1S/C24H54O7S2Si2/c1-5-9-19-34(20-10-6-2,23-15-13-17-32(25,26)27)31-35(21-11-7-3,22-12-8-4)24-16-14-18-33(28,29)30/h5-24H2,1-4H3,(H,25,26,27)(H,28,29,30). The Kier molecular flexibility index (Phi) is 18.6. The highest BCUT2D eigenvalue weighted by Crippen LogP contribution is 2.39. The second kappa shape index (κ2) is 18.5. The molecule has 0 rings (SSSR count). The molecule has 35 heavy (non-hydrogen) atoms. The predicted octanol–water partition coefficient (Wildman–Crippen LogP) is 7.43. The van der Waals surface area contributed by atoms with Gasteiger partial charge in [-0.3, -0.25) is 9.11 Å². The van der Waals surface area contributed by atoms with Crippen LogP contribution in [0.25, 0.3) is 0 Å². The van der Waals surface area contributed by atoms with Crippen LogP contribution in [0.5, 0.6) is 0 Å². The molecule has 0 aliphatic rings. The van der Waals surface area contributed by atoms with Gasteiger partial charge in [-0.15, -0.1) is 0 Å². The van der Waals surface area contributed by atoms with Gasteiger partial charge in [0.1, 0.15) is 0 Å². The first-order valence-corrected chi connectivity index (χ1v) is 22.2. The fourth-order valence-corrected chi connectivity index (χ4v) is 19.5. The smallest absolute Gasteiger partial charge is 0.264 e. The van der Waals surface area contributed by atoms with Gasteiger partial charge in [0.25, 0.3) is 20.2 Å². The molecular weight excluding hydrogens is 521 g/mol. The largest absolute Gasteiger partial charge is 0.455 e. The Labute approximate surface area is 219 Å². The van der Waals surface area contributed by atoms with Gasteiger partial charge in [-0.1, -0.05) is 91.9 Å². The van der Waals surface area contributed by atoms with E-state index in [1.807, 2.05) is 0 Å². The molecule has 7 nitrogen and oxygen atoms in total. The molecule has 0 aliphatic heterocycles. The van der Waals surface area contributed by atoms with Gasteiger partial charge in [-0.2, -0.15) is 16.8 Å². The maximum absolute atomic E-state index is 11.3. The van der Waals surface area contributed by atoms with E-state index in [0.717, 1.165) is 100 Å². The van der Waals surface area contributed by atoms with Crippen LogP contribution in [0.15, 0.2) is 0 Å². The SMILES string of the molecule is CCCC[Si](CCCC)(CCCCS(=O)(=O)O)O[Si](CCCC)(CCCC)CCCCS(=O)(=O)O. The van der Waals surface area contributed by atoms with Crippen LogP contribution in [0.3, 0.4) is 0 Å². The van der Waals surface area contributed by atoms with Crippen LogP contribution < -0.4 is 0 Å².